The third-order valence-electron chi connectivity index (χ3n) is 1.62. The van der Waals surface area contributed by atoms with E-state index in [-0.39, 0.29) is 5.92 Å². The van der Waals surface area contributed by atoms with E-state index in [1.54, 1.807) is 6.92 Å². The molecule has 0 amide bonds. The summed E-state index contributed by atoms with van der Waals surface area (Å²) in [6.07, 6.45) is 0.687. The molecular weight excluding hydrogens is 153 g/mol. The van der Waals surface area contributed by atoms with Crippen molar-refractivity contribution in [3.8, 4) is 0 Å². The number of nitrogens with two attached hydrogens (primary N) is 1. The first-order valence-corrected chi connectivity index (χ1v) is 4.88. The van der Waals surface area contributed by atoms with E-state index in [9.17, 15) is 4.57 Å². The Kier molecular flexibility index (Phi) is 3.52. The molecule has 0 saturated carbocycles. The van der Waals surface area contributed by atoms with Gasteiger partial charge in [-0.15, -0.1) is 0 Å². The first kappa shape index (κ1) is 10.1. The van der Waals surface area contributed by atoms with Gasteiger partial charge in [-0.05, 0) is 5.92 Å². The van der Waals surface area contributed by atoms with Crippen molar-refractivity contribution in [2.24, 2.45) is 11.7 Å². The van der Waals surface area contributed by atoms with Gasteiger partial charge in [0.05, 0.1) is 0 Å². The molecule has 0 spiro atoms. The van der Waals surface area contributed by atoms with Crippen LogP contribution in [0.5, 0.6) is 0 Å². The van der Waals surface area contributed by atoms with Gasteiger partial charge < -0.3 is 15.5 Å². The lowest BCUT2D eigenvalue weighted by atomic mass is 10.1. The van der Waals surface area contributed by atoms with E-state index < -0.39 is 13.4 Å². The molecule has 0 aromatic rings. The van der Waals surface area contributed by atoms with Crippen molar-refractivity contribution in [3.05, 3.63) is 0 Å². The molecule has 0 bridgehead atoms. The molecular formula is C5H14NO3P. The third kappa shape index (κ3) is 2.80. The Morgan fingerprint density at radius 1 is 1.60 bits per heavy atom. The summed E-state index contributed by atoms with van der Waals surface area (Å²) in [5.41, 5.74) is 5.24. The molecule has 0 unspecified atom stereocenters. The Balaban J connectivity index is 4.08. The van der Waals surface area contributed by atoms with Crippen LogP contribution in [-0.2, 0) is 4.57 Å². The highest BCUT2D eigenvalue weighted by molar-refractivity contribution is 7.52. The van der Waals surface area contributed by atoms with Gasteiger partial charge in [-0.1, -0.05) is 20.3 Å². The summed E-state index contributed by atoms with van der Waals surface area (Å²) in [7, 11) is -4.05. The second-order valence-electron chi connectivity index (χ2n) is 2.47. The molecule has 0 aromatic carbocycles. The molecule has 0 heterocycles. The second-order valence-corrected chi connectivity index (χ2v) is 4.24. The van der Waals surface area contributed by atoms with Crippen molar-refractivity contribution >= 4 is 7.60 Å². The lowest BCUT2D eigenvalue weighted by Gasteiger charge is -2.18. The molecule has 0 saturated heterocycles. The maximum absolute atomic E-state index is 10.5. The van der Waals surface area contributed by atoms with Crippen molar-refractivity contribution in [1.82, 2.24) is 0 Å². The maximum atomic E-state index is 10.5. The fourth-order valence-corrected chi connectivity index (χ4v) is 1.45. The van der Waals surface area contributed by atoms with Gasteiger partial charge in [0.2, 0.25) is 0 Å². The average molecular weight is 167 g/mol. The van der Waals surface area contributed by atoms with Crippen molar-refractivity contribution in [2.75, 3.05) is 0 Å². The third-order valence-corrected chi connectivity index (χ3v) is 2.90. The molecule has 0 aromatic heterocycles. The van der Waals surface area contributed by atoms with Crippen LogP contribution in [-0.4, -0.2) is 15.6 Å². The van der Waals surface area contributed by atoms with Crippen molar-refractivity contribution in [3.63, 3.8) is 0 Å². The molecule has 4 nitrogen and oxygen atoms in total. The minimum Gasteiger partial charge on any atom is -0.323 e. The fourth-order valence-electron chi connectivity index (χ4n) is 0.573. The summed E-state index contributed by atoms with van der Waals surface area (Å²) in [5.74, 6) is -1.13. The van der Waals surface area contributed by atoms with Crippen LogP contribution in [0, 0.1) is 5.92 Å². The second kappa shape index (κ2) is 3.49. The minimum absolute atomic E-state index is 0.124. The molecule has 2 atom stereocenters. The highest BCUT2D eigenvalue weighted by Gasteiger charge is 2.28. The van der Waals surface area contributed by atoms with Gasteiger partial charge in [0.25, 0.3) is 0 Å². The van der Waals surface area contributed by atoms with Crippen LogP contribution in [0.2, 0.25) is 0 Å². The van der Waals surface area contributed by atoms with E-state index in [1.165, 1.54) is 0 Å². The Bertz CT molecular complexity index is 144. The summed E-state index contributed by atoms with van der Waals surface area (Å²) in [5, 5.41) is 0. The van der Waals surface area contributed by atoms with E-state index in [0.717, 1.165) is 0 Å². The Labute approximate surface area is 60.6 Å². The van der Waals surface area contributed by atoms with Crippen LogP contribution in [0.25, 0.3) is 0 Å². The van der Waals surface area contributed by atoms with E-state index >= 15 is 0 Å². The van der Waals surface area contributed by atoms with Crippen LogP contribution in [0.15, 0.2) is 0 Å². The topological polar surface area (TPSA) is 83.6 Å². The molecule has 0 radical (unpaired) electrons. The Hall–Kier alpha value is 0.110. The largest absolute Gasteiger partial charge is 0.342 e. The number of hydrogen-bond acceptors (Lipinski definition) is 2. The van der Waals surface area contributed by atoms with E-state index in [2.05, 4.69) is 0 Å². The number of rotatable bonds is 3. The molecule has 4 N–H and O–H groups in total. The lowest BCUT2D eigenvalue weighted by molar-refractivity contribution is 0.336. The zero-order chi connectivity index (χ0) is 8.36. The van der Waals surface area contributed by atoms with Gasteiger partial charge in [-0.25, -0.2) is 0 Å². The van der Waals surface area contributed by atoms with Gasteiger partial charge in [-0.3, -0.25) is 4.57 Å². The van der Waals surface area contributed by atoms with Crippen molar-refractivity contribution in [2.45, 2.75) is 26.1 Å². The highest BCUT2D eigenvalue weighted by atomic mass is 31.2. The summed E-state index contributed by atoms with van der Waals surface area (Å²) in [6, 6.07) is 0. The SMILES string of the molecule is CC[C@H](C)[C@@H](N)P(=O)(O)O. The zero-order valence-electron chi connectivity index (χ0n) is 6.19. The molecule has 10 heavy (non-hydrogen) atoms. The van der Waals surface area contributed by atoms with Gasteiger partial charge in [0, 0.05) is 0 Å². The summed E-state index contributed by atoms with van der Waals surface area (Å²) in [4.78, 5) is 17.1. The normalized spacial score (nSPS) is 18.5. The van der Waals surface area contributed by atoms with Gasteiger partial charge in [-0.2, -0.15) is 0 Å². The van der Waals surface area contributed by atoms with Gasteiger partial charge in [0.1, 0.15) is 5.78 Å². The Morgan fingerprint density at radius 2 is 2.00 bits per heavy atom. The van der Waals surface area contributed by atoms with Crippen LogP contribution < -0.4 is 5.73 Å². The van der Waals surface area contributed by atoms with Crippen molar-refractivity contribution < 1.29 is 14.4 Å². The molecule has 0 aliphatic rings. The lowest BCUT2D eigenvalue weighted by Crippen LogP contribution is -2.27. The summed E-state index contributed by atoms with van der Waals surface area (Å²) < 4.78 is 10.5. The summed E-state index contributed by atoms with van der Waals surface area (Å²) in [6.45, 7) is 3.57. The predicted molar refractivity (Wildman–Crippen MR) is 39.5 cm³/mol. The monoisotopic (exact) mass is 167 g/mol. The predicted octanol–water partition coefficient (Wildman–Crippen LogP) is 0.495. The van der Waals surface area contributed by atoms with Crippen molar-refractivity contribution in [1.29, 1.82) is 0 Å². The quantitative estimate of drug-likeness (QED) is 0.534. The van der Waals surface area contributed by atoms with E-state index in [0.29, 0.717) is 6.42 Å². The molecule has 5 heteroatoms. The van der Waals surface area contributed by atoms with Crippen LogP contribution in [0.4, 0.5) is 0 Å². The zero-order valence-corrected chi connectivity index (χ0v) is 7.08. The molecule has 62 valence electrons. The van der Waals surface area contributed by atoms with Gasteiger partial charge >= 0.3 is 7.60 Å². The Morgan fingerprint density at radius 3 is 2.10 bits per heavy atom. The van der Waals surface area contributed by atoms with E-state index in [4.69, 9.17) is 15.5 Å². The van der Waals surface area contributed by atoms with Crippen LogP contribution in [0.1, 0.15) is 20.3 Å². The molecule has 0 fully saturated rings. The number of hydrogen-bond donors (Lipinski definition) is 3. The van der Waals surface area contributed by atoms with Crippen LogP contribution in [0.3, 0.4) is 0 Å². The maximum Gasteiger partial charge on any atom is 0.342 e. The van der Waals surface area contributed by atoms with Crippen LogP contribution >= 0.6 is 7.60 Å². The fraction of sp³-hybridized carbons (Fsp3) is 1.00. The van der Waals surface area contributed by atoms with Gasteiger partial charge in [0.15, 0.2) is 0 Å². The average Bonchev–Trinajstić information content (AvgIpc) is 1.83. The molecule has 0 aliphatic heterocycles. The smallest absolute Gasteiger partial charge is 0.323 e. The summed E-state index contributed by atoms with van der Waals surface area (Å²) >= 11 is 0. The molecule has 0 aliphatic carbocycles. The first-order chi connectivity index (χ1) is 4.39. The molecule has 0 rings (SSSR count). The van der Waals surface area contributed by atoms with E-state index in [1.807, 2.05) is 6.92 Å². The highest BCUT2D eigenvalue weighted by Crippen LogP contribution is 2.42. The minimum atomic E-state index is -4.05. The first-order valence-electron chi connectivity index (χ1n) is 3.20. The standard InChI is InChI=1S/C5H14NO3P/c1-3-4(2)5(6)10(7,8)9/h4-5H,3,6H2,1-2H3,(H2,7,8,9)/t4-,5-/m0/s1.